The molecule has 2 nitrogen and oxygen atoms in total. The van der Waals surface area contributed by atoms with Crippen molar-refractivity contribution in [2.75, 3.05) is 0 Å². The highest BCUT2D eigenvalue weighted by atomic mass is 14.9. The van der Waals surface area contributed by atoms with Crippen molar-refractivity contribution in [2.24, 2.45) is 5.92 Å². The first-order valence-corrected chi connectivity index (χ1v) is 3.95. The van der Waals surface area contributed by atoms with E-state index >= 15 is 0 Å². The van der Waals surface area contributed by atoms with E-state index in [1.54, 1.807) is 6.20 Å². The summed E-state index contributed by atoms with van der Waals surface area (Å²) in [5, 5.41) is 0. The van der Waals surface area contributed by atoms with E-state index in [-0.39, 0.29) is 0 Å². The summed E-state index contributed by atoms with van der Waals surface area (Å²) in [5.74, 6) is 1.66. The highest BCUT2D eigenvalue weighted by Crippen LogP contribution is 2.02. The SMILES string of the molecule is CC(C)C/C=C/c1ncc[nH]1. The van der Waals surface area contributed by atoms with Crippen molar-refractivity contribution >= 4 is 6.08 Å². The van der Waals surface area contributed by atoms with Crippen LogP contribution in [0.2, 0.25) is 0 Å². The first kappa shape index (κ1) is 8.05. The van der Waals surface area contributed by atoms with Gasteiger partial charge in [-0.25, -0.2) is 4.98 Å². The molecule has 1 aromatic heterocycles. The Morgan fingerprint density at radius 3 is 3.00 bits per heavy atom. The van der Waals surface area contributed by atoms with E-state index in [0.717, 1.165) is 18.2 Å². The van der Waals surface area contributed by atoms with Gasteiger partial charge in [0.1, 0.15) is 5.82 Å². The van der Waals surface area contributed by atoms with E-state index in [2.05, 4.69) is 29.9 Å². The molecule has 0 saturated heterocycles. The quantitative estimate of drug-likeness (QED) is 0.704. The Bertz CT molecular complexity index is 209. The van der Waals surface area contributed by atoms with Gasteiger partial charge in [0.2, 0.25) is 0 Å². The Balaban J connectivity index is 2.37. The molecular formula is C9H14N2. The molecule has 0 unspecified atom stereocenters. The monoisotopic (exact) mass is 150 g/mol. The van der Waals surface area contributed by atoms with Crippen molar-refractivity contribution < 1.29 is 0 Å². The van der Waals surface area contributed by atoms with Crippen molar-refractivity contribution in [3.8, 4) is 0 Å². The van der Waals surface area contributed by atoms with Gasteiger partial charge in [-0.1, -0.05) is 19.9 Å². The summed E-state index contributed by atoms with van der Waals surface area (Å²) >= 11 is 0. The second kappa shape index (κ2) is 3.96. The van der Waals surface area contributed by atoms with Crippen molar-refractivity contribution in [1.82, 2.24) is 9.97 Å². The Morgan fingerprint density at radius 1 is 1.64 bits per heavy atom. The summed E-state index contributed by atoms with van der Waals surface area (Å²) in [6.07, 6.45) is 8.86. The maximum absolute atomic E-state index is 4.07. The topological polar surface area (TPSA) is 28.7 Å². The molecular weight excluding hydrogens is 136 g/mol. The Hall–Kier alpha value is -1.05. The molecule has 0 atom stereocenters. The maximum atomic E-state index is 4.07. The van der Waals surface area contributed by atoms with Crippen LogP contribution in [0.15, 0.2) is 18.5 Å². The number of H-pyrrole nitrogens is 1. The molecule has 11 heavy (non-hydrogen) atoms. The van der Waals surface area contributed by atoms with Crippen LogP contribution in [0.4, 0.5) is 0 Å². The van der Waals surface area contributed by atoms with Crippen molar-refractivity contribution in [3.63, 3.8) is 0 Å². The lowest BCUT2D eigenvalue weighted by molar-refractivity contribution is 0.665. The summed E-state index contributed by atoms with van der Waals surface area (Å²) in [4.78, 5) is 7.08. The smallest absolute Gasteiger partial charge is 0.129 e. The van der Waals surface area contributed by atoms with Crippen LogP contribution in [-0.4, -0.2) is 9.97 Å². The van der Waals surface area contributed by atoms with Gasteiger partial charge in [0, 0.05) is 12.4 Å². The molecule has 0 aliphatic carbocycles. The minimum Gasteiger partial charge on any atom is -0.345 e. The fourth-order valence-electron chi connectivity index (χ4n) is 0.820. The Labute approximate surface area is 67.4 Å². The lowest BCUT2D eigenvalue weighted by Gasteiger charge is -1.94. The molecule has 0 aromatic carbocycles. The van der Waals surface area contributed by atoms with Crippen LogP contribution < -0.4 is 0 Å². The zero-order chi connectivity index (χ0) is 8.10. The standard InChI is InChI=1S/C9H14N2/c1-8(2)4-3-5-9-10-6-7-11-9/h3,5-8H,4H2,1-2H3,(H,10,11)/b5-3+. The Morgan fingerprint density at radius 2 is 2.45 bits per heavy atom. The van der Waals surface area contributed by atoms with E-state index in [1.165, 1.54) is 0 Å². The molecule has 0 spiro atoms. The molecule has 1 N–H and O–H groups in total. The number of allylic oxidation sites excluding steroid dienone is 1. The van der Waals surface area contributed by atoms with Crippen LogP contribution in [0.1, 0.15) is 26.1 Å². The number of hydrogen-bond acceptors (Lipinski definition) is 1. The molecule has 0 amide bonds. The average Bonchev–Trinajstić information content (AvgIpc) is 2.39. The third-order valence-electron chi connectivity index (χ3n) is 1.40. The van der Waals surface area contributed by atoms with Crippen LogP contribution in [-0.2, 0) is 0 Å². The van der Waals surface area contributed by atoms with E-state index in [4.69, 9.17) is 0 Å². The molecule has 0 aliphatic rings. The van der Waals surface area contributed by atoms with Gasteiger partial charge in [0.15, 0.2) is 0 Å². The Kier molecular flexibility index (Phi) is 2.90. The summed E-state index contributed by atoms with van der Waals surface area (Å²) in [7, 11) is 0. The average molecular weight is 150 g/mol. The zero-order valence-electron chi connectivity index (χ0n) is 7.04. The number of aromatic amines is 1. The van der Waals surface area contributed by atoms with Gasteiger partial charge in [0.05, 0.1) is 0 Å². The zero-order valence-corrected chi connectivity index (χ0v) is 7.04. The van der Waals surface area contributed by atoms with Gasteiger partial charge in [-0.2, -0.15) is 0 Å². The van der Waals surface area contributed by atoms with Crippen LogP contribution in [0.5, 0.6) is 0 Å². The second-order valence-electron chi connectivity index (χ2n) is 3.01. The van der Waals surface area contributed by atoms with Crippen LogP contribution in [0.3, 0.4) is 0 Å². The molecule has 1 rings (SSSR count). The molecule has 2 heteroatoms. The van der Waals surface area contributed by atoms with Gasteiger partial charge in [-0.3, -0.25) is 0 Å². The number of imidazole rings is 1. The highest BCUT2D eigenvalue weighted by Gasteiger charge is 1.88. The van der Waals surface area contributed by atoms with Gasteiger partial charge in [0.25, 0.3) is 0 Å². The summed E-state index contributed by atoms with van der Waals surface area (Å²) in [5.41, 5.74) is 0. The van der Waals surface area contributed by atoms with Crippen LogP contribution in [0.25, 0.3) is 6.08 Å². The van der Waals surface area contributed by atoms with Crippen molar-refractivity contribution in [3.05, 3.63) is 24.3 Å². The predicted molar refractivity (Wildman–Crippen MR) is 47.1 cm³/mol. The molecule has 0 saturated carbocycles. The maximum Gasteiger partial charge on any atom is 0.129 e. The number of nitrogens with zero attached hydrogens (tertiary/aromatic N) is 1. The van der Waals surface area contributed by atoms with Crippen molar-refractivity contribution in [1.29, 1.82) is 0 Å². The van der Waals surface area contributed by atoms with E-state index in [9.17, 15) is 0 Å². The third-order valence-corrected chi connectivity index (χ3v) is 1.40. The highest BCUT2D eigenvalue weighted by molar-refractivity contribution is 5.38. The van der Waals surface area contributed by atoms with Crippen LogP contribution >= 0.6 is 0 Å². The second-order valence-corrected chi connectivity index (χ2v) is 3.01. The fraction of sp³-hybridized carbons (Fsp3) is 0.444. The molecule has 0 aliphatic heterocycles. The van der Waals surface area contributed by atoms with E-state index in [0.29, 0.717) is 0 Å². The number of nitrogens with one attached hydrogen (secondary N) is 1. The summed E-state index contributed by atoms with van der Waals surface area (Å²) < 4.78 is 0. The predicted octanol–water partition coefficient (Wildman–Crippen LogP) is 2.47. The summed E-state index contributed by atoms with van der Waals surface area (Å²) in [6.45, 7) is 4.40. The third kappa shape index (κ3) is 3.03. The summed E-state index contributed by atoms with van der Waals surface area (Å²) in [6, 6.07) is 0. The number of aromatic nitrogens is 2. The van der Waals surface area contributed by atoms with E-state index in [1.807, 2.05) is 12.3 Å². The van der Waals surface area contributed by atoms with Gasteiger partial charge in [-0.15, -0.1) is 0 Å². The molecule has 0 fully saturated rings. The van der Waals surface area contributed by atoms with Gasteiger partial charge >= 0.3 is 0 Å². The molecule has 60 valence electrons. The minimum absolute atomic E-state index is 0.723. The molecule has 1 heterocycles. The lowest BCUT2D eigenvalue weighted by atomic mass is 10.1. The molecule has 1 aromatic rings. The molecule has 0 radical (unpaired) electrons. The minimum atomic E-state index is 0.723. The number of hydrogen-bond donors (Lipinski definition) is 1. The van der Waals surface area contributed by atoms with Crippen LogP contribution in [0, 0.1) is 5.92 Å². The first-order chi connectivity index (χ1) is 5.29. The van der Waals surface area contributed by atoms with Crippen molar-refractivity contribution in [2.45, 2.75) is 20.3 Å². The van der Waals surface area contributed by atoms with E-state index < -0.39 is 0 Å². The lowest BCUT2D eigenvalue weighted by Crippen LogP contribution is -1.81. The van der Waals surface area contributed by atoms with Gasteiger partial charge < -0.3 is 4.98 Å². The normalized spacial score (nSPS) is 11.5. The molecule has 0 bridgehead atoms. The van der Waals surface area contributed by atoms with Gasteiger partial charge in [-0.05, 0) is 18.4 Å². The first-order valence-electron chi connectivity index (χ1n) is 3.95. The largest absolute Gasteiger partial charge is 0.345 e. The fourth-order valence-corrected chi connectivity index (χ4v) is 0.820. The number of rotatable bonds is 3.